The van der Waals surface area contributed by atoms with Gasteiger partial charge in [-0.05, 0) is 51.7 Å². The van der Waals surface area contributed by atoms with E-state index in [0.717, 1.165) is 13.2 Å². The third kappa shape index (κ3) is 6.91. The van der Waals surface area contributed by atoms with E-state index >= 15 is 0 Å². The van der Waals surface area contributed by atoms with Crippen molar-refractivity contribution in [2.24, 2.45) is 0 Å². The SMILES string of the molecule is CCCCOCCCCN1CCCCC1. The van der Waals surface area contributed by atoms with Gasteiger partial charge in [-0.15, -0.1) is 0 Å². The number of unbranched alkanes of at least 4 members (excludes halogenated alkanes) is 2. The summed E-state index contributed by atoms with van der Waals surface area (Å²) >= 11 is 0. The Bertz CT molecular complexity index is 132. The molecular weight excluding hydrogens is 186 g/mol. The van der Waals surface area contributed by atoms with Crippen LogP contribution in [0.3, 0.4) is 0 Å². The summed E-state index contributed by atoms with van der Waals surface area (Å²) in [6.45, 7) is 8.08. The Balaban J connectivity index is 1.79. The molecule has 1 heterocycles. The van der Waals surface area contributed by atoms with Crippen molar-refractivity contribution in [1.82, 2.24) is 4.90 Å². The summed E-state index contributed by atoms with van der Waals surface area (Å²) in [4.78, 5) is 2.61. The minimum absolute atomic E-state index is 0.959. The van der Waals surface area contributed by atoms with E-state index in [4.69, 9.17) is 4.74 Å². The molecule has 0 N–H and O–H groups in total. The molecule has 0 aromatic rings. The highest BCUT2D eigenvalue weighted by atomic mass is 16.5. The van der Waals surface area contributed by atoms with Crippen molar-refractivity contribution in [2.75, 3.05) is 32.8 Å². The molecule has 15 heavy (non-hydrogen) atoms. The molecule has 0 aromatic heterocycles. The van der Waals surface area contributed by atoms with E-state index in [2.05, 4.69) is 11.8 Å². The van der Waals surface area contributed by atoms with Gasteiger partial charge >= 0.3 is 0 Å². The Hall–Kier alpha value is -0.0800. The zero-order valence-electron chi connectivity index (χ0n) is 10.3. The summed E-state index contributed by atoms with van der Waals surface area (Å²) in [7, 11) is 0. The van der Waals surface area contributed by atoms with Gasteiger partial charge < -0.3 is 9.64 Å². The summed E-state index contributed by atoms with van der Waals surface area (Å²) < 4.78 is 5.54. The van der Waals surface area contributed by atoms with Gasteiger partial charge in [0.15, 0.2) is 0 Å². The Labute approximate surface area is 95.0 Å². The Kier molecular flexibility index (Phi) is 7.94. The Morgan fingerprint density at radius 2 is 1.67 bits per heavy atom. The third-order valence-electron chi connectivity index (χ3n) is 3.10. The van der Waals surface area contributed by atoms with Crippen LogP contribution in [0.15, 0.2) is 0 Å². The van der Waals surface area contributed by atoms with Crippen molar-refractivity contribution in [3.05, 3.63) is 0 Å². The molecule has 0 amide bonds. The first kappa shape index (κ1) is 13.0. The average molecular weight is 213 g/mol. The van der Waals surface area contributed by atoms with Crippen LogP contribution in [0.4, 0.5) is 0 Å². The van der Waals surface area contributed by atoms with Gasteiger partial charge in [-0.25, -0.2) is 0 Å². The second kappa shape index (κ2) is 9.17. The quantitative estimate of drug-likeness (QED) is 0.575. The number of hydrogen-bond donors (Lipinski definition) is 0. The summed E-state index contributed by atoms with van der Waals surface area (Å²) in [6.07, 6.45) is 9.27. The fraction of sp³-hybridized carbons (Fsp3) is 1.00. The number of rotatable bonds is 8. The largest absolute Gasteiger partial charge is 0.381 e. The Morgan fingerprint density at radius 1 is 0.933 bits per heavy atom. The molecule has 0 bridgehead atoms. The van der Waals surface area contributed by atoms with E-state index in [1.807, 2.05) is 0 Å². The van der Waals surface area contributed by atoms with Gasteiger partial charge in [0.25, 0.3) is 0 Å². The smallest absolute Gasteiger partial charge is 0.0466 e. The molecule has 2 heteroatoms. The number of nitrogens with zero attached hydrogens (tertiary/aromatic N) is 1. The van der Waals surface area contributed by atoms with Gasteiger partial charge in [-0.3, -0.25) is 0 Å². The monoisotopic (exact) mass is 213 g/mol. The second-order valence-electron chi connectivity index (χ2n) is 4.58. The van der Waals surface area contributed by atoms with E-state index in [1.165, 1.54) is 64.6 Å². The van der Waals surface area contributed by atoms with Crippen molar-refractivity contribution in [3.8, 4) is 0 Å². The molecule has 1 rings (SSSR count). The van der Waals surface area contributed by atoms with Gasteiger partial charge in [0.2, 0.25) is 0 Å². The van der Waals surface area contributed by atoms with Crippen LogP contribution in [0.25, 0.3) is 0 Å². The highest BCUT2D eigenvalue weighted by Crippen LogP contribution is 2.09. The maximum atomic E-state index is 5.54. The predicted octanol–water partition coefficient (Wildman–Crippen LogP) is 3.07. The van der Waals surface area contributed by atoms with E-state index < -0.39 is 0 Å². The van der Waals surface area contributed by atoms with Crippen LogP contribution in [-0.4, -0.2) is 37.7 Å². The third-order valence-corrected chi connectivity index (χ3v) is 3.10. The zero-order chi connectivity index (χ0) is 10.8. The van der Waals surface area contributed by atoms with Crippen molar-refractivity contribution in [1.29, 1.82) is 0 Å². The lowest BCUT2D eigenvalue weighted by molar-refractivity contribution is 0.123. The van der Waals surface area contributed by atoms with Gasteiger partial charge in [-0.2, -0.15) is 0 Å². The van der Waals surface area contributed by atoms with Gasteiger partial charge in [0.05, 0.1) is 0 Å². The van der Waals surface area contributed by atoms with Crippen molar-refractivity contribution >= 4 is 0 Å². The molecule has 0 radical (unpaired) electrons. The van der Waals surface area contributed by atoms with Gasteiger partial charge in [-0.1, -0.05) is 19.8 Å². The Morgan fingerprint density at radius 3 is 2.40 bits per heavy atom. The summed E-state index contributed by atoms with van der Waals surface area (Å²) in [5, 5.41) is 0. The number of likely N-dealkylation sites (tertiary alicyclic amines) is 1. The topological polar surface area (TPSA) is 12.5 Å². The number of piperidine rings is 1. The average Bonchev–Trinajstić information content (AvgIpc) is 2.29. The van der Waals surface area contributed by atoms with Crippen LogP contribution < -0.4 is 0 Å². The number of hydrogen-bond acceptors (Lipinski definition) is 2. The molecule has 0 saturated carbocycles. The molecule has 1 aliphatic heterocycles. The fourth-order valence-electron chi connectivity index (χ4n) is 2.07. The van der Waals surface area contributed by atoms with Crippen LogP contribution in [0.1, 0.15) is 51.9 Å². The highest BCUT2D eigenvalue weighted by molar-refractivity contribution is 4.63. The number of ether oxygens (including phenoxy) is 1. The van der Waals surface area contributed by atoms with E-state index in [-0.39, 0.29) is 0 Å². The minimum atomic E-state index is 0.959. The van der Waals surface area contributed by atoms with Crippen molar-refractivity contribution < 1.29 is 4.74 Å². The molecule has 2 nitrogen and oxygen atoms in total. The zero-order valence-corrected chi connectivity index (χ0v) is 10.3. The summed E-state index contributed by atoms with van der Waals surface area (Å²) in [6, 6.07) is 0. The van der Waals surface area contributed by atoms with E-state index in [1.54, 1.807) is 0 Å². The van der Waals surface area contributed by atoms with Gasteiger partial charge in [0, 0.05) is 13.2 Å². The van der Waals surface area contributed by atoms with Crippen molar-refractivity contribution in [2.45, 2.75) is 51.9 Å². The molecule has 90 valence electrons. The van der Waals surface area contributed by atoms with E-state index in [0.29, 0.717) is 0 Å². The normalized spacial score (nSPS) is 18.2. The molecule has 0 aromatic carbocycles. The predicted molar refractivity (Wildman–Crippen MR) is 65.3 cm³/mol. The molecule has 1 saturated heterocycles. The molecule has 1 fully saturated rings. The van der Waals surface area contributed by atoms with Crippen LogP contribution >= 0.6 is 0 Å². The molecule has 0 unspecified atom stereocenters. The first-order valence-electron chi connectivity index (χ1n) is 6.73. The van der Waals surface area contributed by atoms with Gasteiger partial charge in [0.1, 0.15) is 0 Å². The lowest BCUT2D eigenvalue weighted by Gasteiger charge is -2.26. The molecule has 0 atom stereocenters. The van der Waals surface area contributed by atoms with Crippen LogP contribution in [0, 0.1) is 0 Å². The fourth-order valence-corrected chi connectivity index (χ4v) is 2.07. The van der Waals surface area contributed by atoms with Crippen LogP contribution in [0.2, 0.25) is 0 Å². The van der Waals surface area contributed by atoms with Crippen molar-refractivity contribution in [3.63, 3.8) is 0 Å². The summed E-state index contributed by atoms with van der Waals surface area (Å²) in [5.41, 5.74) is 0. The second-order valence-corrected chi connectivity index (χ2v) is 4.58. The first-order valence-corrected chi connectivity index (χ1v) is 6.73. The van der Waals surface area contributed by atoms with E-state index in [9.17, 15) is 0 Å². The first-order chi connectivity index (χ1) is 7.43. The maximum Gasteiger partial charge on any atom is 0.0466 e. The van der Waals surface area contributed by atoms with Crippen LogP contribution in [0.5, 0.6) is 0 Å². The minimum Gasteiger partial charge on any atom is -0.381 e. The lowest BCUT2D eigenvalue weighted by atomic mass is 10.1. The van der Waals surface area contributed by atoms with Crippen LogP contribution in [-0.2, 0) is 4.74 Å². The maximum absolute atomic E-state index is 5.54. The molecular formula is C13H27NO. The summed E-state index contributed by atoms with van der Waals surface area (Å²) in [5.74, 6) is 0. The molecule has 1 aliphatic rings. The molecule has 0 spiro atoms. The lowest BCUT2D eigenvalue weighted by Crippen LogP contribution is -2.30. The standard InChI is InChI=1S/C13H27NO/c1-2-3-12-15-13-8-7-11-14-9-5-4-6-10-14/h2-13H2,1H3. The molecule has 0 aliphatic carbocycles. The highest BCUT2D eigenvalue weighted by Gasteiger charge is 2.08.